The van der Waals surface area contributed by atoms with E-state index in [9.17, 15) is 9.59 Å². The molecule has 0 aliphatic heterocycles. The van der Waals surface area contributed by atoms with Crippen LogP contribution in [0.5, 0.6) is 23.0 Å². The quantitative estimate of drug-likeness (QED) is 0.0800. The topological polar surface area (TPSA) is 71.1 Å². The standard InChI is InChI=1S/C36H21IO6/c37-29-19-9-18-28-32(29)34(43-36(39)41-31-21-8-13-23-11-2-4-15-25(23)31)27-17-6-5-16-26(27)33(28)42-35(38)40-30-20-7-12-22-10-1-3-14-24(22)30/h1-21H. The van der Waals surface area contributed by atoms with E-state index >= 15 is 0 Å². The maximum absolute atomic E-state index is 13.2. The highest BCUT2D eigenvalue weighted by atomic mass is 127. The van der Waals surface area contributed by atoms with Crippen LogP contribution < -0.4 is 18.9 Å². The van der Waals surface area contributed by atoms with E-state index in [0.29, 0.717) is 44.5 Å². The fraction of sp³-hybridized carbons (Fsp3) is 0. The van der Waals surface area contributed by atoms with Gasteiger partial charge in [0, 0.05) is 35.9 Å². The molecule has 0 aliphatic carbocycles. The molecule has 0 saturated heterocycles. The molecule has 7 rings (SSSR count). The van der Waals surface area contributed by atoms with Gasteiger partial charge in [0.15, 0.2) is 11.5 Å². The summed E-state index contributed by atoms with van der Waals surface area (Å²) in [6.45, 7) is 0. The van der Waals surface area contributed by atoms with Gasteiger partial charge < -0.3 is 18.9 Å². The van der Waals surface area contributed by atoms with Crippen molar-refractivity contribution in [2.45, 2.75) is 0 Å². The van der Waals surface area contributed by atoms with E-state index in [-0.39, 0.29) is 0 Å². The predicted molar refractivity (Wildman–Crippen MR) is 175 cm³/mol. The third-order valence-electron chi connectivity index (χ3n) is 7.16. The Hall–Kier alpha value is -5.15. The van der Waals surface area contributed by atoms with Crippen molar-refractivity contribution in [3.63, 3.8) is 0 Å². The Morgan fingerprint density at radius 2 is 0.837 bits per heavy atom. The third-order valence-corrected chi connectivity index (χ3v) is 8.06. The van der Waals surface area contributed by atoms with Gasteiger partial charge in [-0.15, -0.1) is 0 Å². The minimum absolute atomic E-state index is 0.295. The molecular weight excluding hydrogens is 655 g/mol. The Morgan fingerprint density at radius 3 is 1.42 bits per heavy atom. The number of fused-ring (bicyclic) bond motifs is 4. The van der Waals surface area contributed by atoms with E-state index in [1.807, 2.05) is 103 Å². The van der Waals surface area contributed by atoms with Crippen molar-refractivity contribution in [1.29, 1.82) is 0 Å². The minimum atomic E-state index is -0.884. The molecule has 0 unspecified atom stereocenters. The Kier molecular flexibility index (Phi) is 7.00. The molecule has 0 bridgehead atoms. The lowest BCUT2D eigenvalue weighted by Gasteiger charge is -2.17. The van der Waals surface area contributed by atoms with Crippen molar-refractivity contribution in [2.75, 3.05) is 0 Å². The molecule has 0 aromatic heterocycles. The van der Waals surface area contributed by atoms with Gasteiger partial charge in [-0.2, -0.15) is 0 Å². The van der Waals surface area contributed by atoms with E-state index in [0.717, 1.165) is 25.1 Å². The molecule has 6 nitrogen and oxygen atoms in total. The maximum Gasteiger partial charge on any atom is 0.519 e. The van der Waals surface area contributed by atoms with Crippen LogP contribution >= 0.6 is 22.6 Å². The van der Waals surface area contributed by atoms with Crippen molar-refractivity contribution in [3.8, 4) is 23.0 Å². The smallest absolute Gasteiger partial charge is 0.394 e. The maximum atomic E-state index is 13.2. The van der Waals surface area contributed by atoms with E-state index in [2.05, 4.69) is 22.6 Å². The number of carbonyl (C=O) groups excluding carboxylic acids is 2. The normalized spacial score (nSPS) is 11.1. The van der Waals surface area contributed by atoms with Gasteiger partial charge in [-0.1, -0.05) is 109 Å². The summed E-state index contributed by atoms with van der Waals surface area (Å²) >= 11 is 2.17. The van der Waals surface area contributed by atoms with Crippen LogP contribution in [0.15, 0.2) is 127 Å². The second-order valence-corrected chi connectivity index (χ2v) is 10.9. The van der Waals surface area contributed by atoms with Gasteiger partial charge in [-0.25, -0.2) is 9.59 Å². The Morgan fingerprint density at radius 1 is 0.419 bits per heavy atom. The molecule has 0 heterocycles. The first kappa shape index (κ1) is 26.7. The first-order valence-corrected chi connectivity index (χ1v) is 14.5. The second kappa shape index (κ2) is 11.3. The molecule has 0 fully saturated rings. The Labute approximate surface area is 259 Å². The molecule has 7 aromatic carbocycles. The van der Waals surface area contributed by atoms with Gasteiger partial charge in [-0.3, -0.25) is 0 Å². The second-order valence-electron chi connectivity index (χ2n) is 9.73. The molecule has 0 aliphatic rings. The molecule has 7 heteroatoms. The number of rotatable bonds is 4. The fourth-order valence-corrected chi connectivity index (χ4v) is 6.02. The lowest BCUT2D eigenvalue weighted by Crippen LogP contribution is -2.16. The van der Waals surface area contributed by atoms with Crippen molar-refractivity contribution in [3.05, 3.63) is 131 Å². The van der Waals surface area contributed by atoms with Crippen LogP contribution in [0, 0.1) is 3.57 Å². The summed E-state index contributed by atoms with van der Waals surface area (Å²) in [5, 5.41) is 5.78. The van der Waals surface area contributed by atoms with Gasteiger partial charge in [0.2, 0.25) is 0 Å². The van der Waals surface area contributed by atoms with Crippen LogP contribution in [-0.4, -0.2) is 12.3 Å². The highest BCUT2D eigenvalue weighted by molar-refractivity contribution is 14.1. The Balaban J connectivity index is 1.28. The summed E-state index contributed by atoms with van der Waals surface area (Å²) in [4.78, 5) is 26.5. The Bertz CT molecular complexity index is 2200. The number of carbonyl (C=O) groups is 2. The number of hydrogen-bond acceptors (Lipinski definition) is 6. The largest absolute Gasteiger partial charge is 0.519 e. The molecule has 0 saturated carbocycles. The zero-order chi connectivity index (χ0) is 29.3. The van der Waals surface area contributed by atoms with E-state index in [1.165, 1.54) is 0 Å². The zero-order valence-electron chi connectivity index (χ0n) is 22.5. The molecule has 208 valence electrons. The molecule has 0 atom stereocenters. The first-order valence-electron chi connectivity index (χ1n) is 13.4. The average molecular weight is 676 g/mol. The number of ether oxygens (including phenoxy) is 4. The van der Waals surface area contributed by atoms with Crippen LogP contribution in [0.2, 0.25) is 0 Å². The molecular formula is C36H21IO6. The predicted octanol–water partition coefficient (Wildman–Crippen LogP) is 10.1. The summed E-state index contributed by atoms with van der Waals surface area (Å²) < 4.78 is 24.0. The molecule has 0 spiro atoms. The monoisotopic (exact) mass is 676 g/mol. The minimum Gasteiger partial charge on any atom is -0.394 e. The van der Waals surface area contributed by atoms with Crippen LogP contribution in [0.1, 0.15) is 0 Å². The molecule has 0 N–H and O–H groups in total. The zero-order valence-corrected chi connectivity index (χ0v) is 24.6. The van der Waals surface area contributed by atoms with Gasteiger partial charge in [0.05, 0.1) is 0 Å². The summed E-state index contributed by atoms with van der Waals surface area (Å²) in [6, 6.07) is 39.1. The van der Waals surface area contributed by atoms with Gasteiger partial charge >= 0.3 is 12.3 Å². The summed E-state index contributed by atoms with van der Waals surface area (Å²) in [6.07, 6.45) is -1.77. The fourth-order valence-electron chi connectivity index (χ4n) is 5.28. The highest BCUT2D eigenvalue weighted by Crippen LogP contribution is 2.45. The van der Waals surface area contributed by atoms with E-state index < -0.39 is 12.3 Å². The van der Waals surface area contributed by atoms with Crippen LogP contribution in [-0.2, 0) is 0 Å². The van der Waals surface area contributed by atoms with Crippen molar-refractivity contribution >= 4 is 78.0 Å². The number of hydrogen-bond donors (Lipinski definition) is 0. The number of halogens is 1. The summed E-state index contributed by atoms with van der Waals surface area (Å²) in [5.41, 5.74) is 0. The van der Waals surface area contributed by atoms with Crippen molar-refractivity contribution < 1.29 is 28.5 Å². The van der Waals surface area contributed by atoms with Crippen LogP contribution in [0.3, 0.4) is 0 Å². The SMILES string of the molecule is O=C(Oc1cccc2ccccc12)Oc1c2ccccc2c(OC(=O)Oc2cccc3ccccc23)c2c(I)cccc12. The number of benzene rings is 7. The highest BCUT2D eigenvalue weighted by Gasteiger charge is 2.23. The van der Waals surface area contributed by atoms with Gasteiger partial charge in [0.1, 0.15) is 11.5 Å². The van der Waals surface area contributed by atoms with Crippen molar-refractivity contribution in [1.82, 2.24) is 0 Å². The van der Waals surface area contributed by atoms with Crippen LogP contribution in [0.4, 0.5) is 9.59 Å². The van der Waals surface area contributed by atoms with Crippen molar-refractivity contribution in [2.24, 2.45) is 0 Å². The van der Waals surface area contributed by atoms with E-state index in [4.69, 9.17) is 18.9 Å². The lowest BCUT2D eigenvalue weighted by atomic mass is 10.0. The van der Waals surface area contributed by atoms with Crippen LogP contribution in [0.25, 0.3) is 43.1 Å². The summed E-state index contributed by atoms with van der Waals surface area (Å²) in [7, 11) is 0. The third kappa shape index (κ3) is 5.08. The van der Waals surface area contributed by atoms with E-state index in [1.54, 1.807) is 24.3 Å². The molecule has 7 aromatic rings. The average Bonchev–Trinajstić information content (AvgIpc) is 3.03. The van der Waals surface area contributed by atoms with Gasteiger partial charge in [0.25, 0.3) is 0 Å². The molecule has 43 heavy (non-hydrogen) atoms. The molecule has 0 radical (unpaired) electrons. The summed E-state index contributed by atoms with van der Waals surface area (Å²) in [5.74, 6) is 1.38. The first-order chi connectivity index (χ1) is 21.1. The molecule has 0 amide bonds. The lowest BCUT2D eigenvalue weighted by molar-refractivity contribution is 0.151. The van der Waals surface area contributed by atoms with Gasteiger partial charge in [-0.05, 0) is 51.6 Å².